The van der Waals surface area contributed by atoms with Crippen LogP contribution in [0.2, 0.25) is 5.02 Å². The Morgan fingerprint density at radius 1 is 1.19 bits per heavy atom. The van der Waals surface area contributed by atoms with Gasteiger partial charge in [-0.3, -0.25) is 4.79 Å². The number of carbonyl (C=O) groups excluding carboxylic acids is 1. The van der Waals surface area contributed by atoms with Crippen molar-refractivity contribution in [1.29, 1.82) is 0 Å². The molecule has 1 amide bonds. The van der Waals surface area contributed by atoms with Crippen molar-refractivity contribution in [3.8, 4) is 17.1 Å². The summed E-state index contributed by atoms with van der Waals surface area (Å²) in [6.07, 6.45) is 1.69. The molecule has 0 saturated carbocycles. The van der Waals surface area contributed by atoms with E-state index in [4.69, 9.17) is 20.8 Å². The molecule has 0 aliphatic heterocycles. The van der Waals surface area contributed by atoms with Gasteiger partial charge in [0.25, 0.3) is 0 Å². The fourth-order valence-corrected chi connectivity index (χ4v) is 2.67. The van der Waals surface area contributed by atoms with E-state index in [1.807, 2.05) is 55.5 Å². The number of nitrogens with zero attached hydrogens (tertiary/aromatic N) is 1. The maximum atomic E-state index is 12.0. The standard InChI is InChI=1S/C21H19ClN2O3/c1-2-26-18-8-6-15(7-9-18)12-21(25)24-23-14-19-10-11-20(27-19)16-4-3-5-17(22)13-16/h3-11,13-14H,2,12H2,1H3,(H,24,25)/b23-14-. The summed E-state index contributed by atoms with van der Waals surface area (Å²) in [5, 5.41) is 4.58. The third kappa shape index (κ3) is 5.46. The van der Waals surface area contributed by atoms with E-state index in [1.54, 1.807) is 12.1 Å². The molecule has 1 N–H and O–H groups in total. The van der Waals surface area contributed by atoms with Crippen LogP contribution in [0.5, 0.6) is 5.75 Å². The summed E-state index contributed by atoms with van der Waals surface area (Å²) >= 11 is 5.99. The van der Waals surface area contributed by atoms with E-state index in [2.05, 4.69) is 10.5 Å². The number of hydrazone groups is 1. The Kier molecular flexibility index (Phi) is 6.28. The molecule has 3 rings (SSSR count). The Balaban J connectivity index is 1.53. The normalized spacial score (nSPS) is 10.9. The molecule has 138 valence electrons. The van der Waals surface area contributed by atoms with E-state index in [1.165, 1.54) is 6.21 Å². The summed E-state index contributed by atoms with van der Waals surface area (Å²) in [6, 6.07) is 18.4. The van der Waals surface area contributed by atoms with Crippen LogP contribution in [0.4, 0.5) is 0 Å². The van der Waals surface area contributed by atoms with Gasteiger partial charge < -0.3 is 9.15 Å². The van der Waals surface area contributed by atoms with Crippen molar-refractivity contribution in [3.05, 3.63) is 77.0 Å². The highest BCUT2D eigenvalue weighted by molar-refractivity contribution is 6.30. The number of nitrogens with one attached hydrogen (secondary N) is 1. The molecule has 3 aromatic rings. The Morgan fingerprint density at radius 2 is 2.00 bits per heavy atom. The minimum Gasteiger partial charge on any atom is -0.494 e. The van der Waals surface area contributed by atoms with Gasteiger partial charge in [0.05, 0.1) is 19.2 Å². The average Bonchev–Trinajstić information content (AvgIpc) is 3.13. The molecule has 0 unspecified atom stereocenters. The van der Waals surface area contributed by atoms with Crippen molar-refractivity contribution >= 4 is 23.7 Å². The molecule has 5 nitrogen and oxygen atoms in total. The lowest BCUT2D eigenvalue weighted by atomic mass is 10.1. The van der Waals surface area contributed by atoms with Crippen molar-refractivity contribution in [1.82, 2.24) is 5.43 Å². The topological polar surface area (TPSA) is 63.8 Å². The number of benzene rings is 2. The maximum Gasteiger partial charge on any atom is 0.244 e. The van der Waals surface area contributed by atoms with Crippen molar-refractivity contribution < 1.29 is 13.9 Å². The Morgan fingerprint density at radius 3 is 2.74 bits per heavy atom. The second kappa shape index (κ2) is 9.05. The largest absolute Gasteiger partial charge is 0.494 e. The van der Waals surface area contributed by atoms with Gasteiger partial charge in [-0.2, -0.15) is 5.10 Å². The molecule has 1 heterocycles. The fourth-order valence-electron chi connectivity index (χ4n) is 2.48. The number of ether oxygens (including phenoxy) is 1. The third-order valence-electron chi connectivity index (χ3n) is 3.72. The summed E-state index contributed by atoms with van der Waals surface area (Å²) in [5.74, 6) is 1.79. The van der Waals surface area contributed by atoms with Gasteiger partial charge in [0.2, 0.25) is 5.91 Å². The van der Waals surface area contributed by atoms with Crippen molar-refractivity contribution in [2.75, 3.05) is 6.61 Å². The lowest BCUT2D eigenvalue weighted by Gasteiger charge is -2.04. The van der Waals surface area contributed by atoms with E-state index < -0.39 is 0 Å². The number of halogens is 1. The SMILES string of the molecule is CCOc1ccc(CC(=O)N/N=C\c2ccc(-c3cccc(Cl)c3)o2)cc1. The minimum absolute atomic E-state index is 0.211. The quantitative estimate of drug-likeness (QED) is 0.476. The fraction of sp³-hybridized carbons (Fsp3) is 0.143. The predicted octanol–water partition coefficient (Wildman–Crippen LogP) is 4.69. The number of furan rings is 1. The number of rotatable bonds is 7. The predicted molar refractivity (Wildman–Crippen MR) is 106 cm³/mol. The maximum absolute atomic E-state index is 12.0. The summed E-state index contributed by atoms with van der Waals surface area (Å²) in [4.78, 5) is 12.0. The highest BCUT2D eigenvalue weighted by Gasteiger charge is 2.05. The first kappa shape index (κ1) is 18.7. The zero-order valence-corrected chi connectivity index (χ0v) is 15.6. The molecular weight excluding hydrogens is 364 g/mol. The molecule has 0 bridgehead atoms. The first-order chi connectivity index (χ1) is 13.1. The van der Waals surface area contributed by atoms with E-state index >= 15 is 0 Å². The lowest BCUT2D eigenvalue weighted by molar-refractivity contribution is -0.120. The van der Waals surface area contributed by atoms with Gasteiger partial charge in [0.15, 0.2) is 0 Å². The van der Waals surface area contributed by atoms with Crippen LogP contribution in [0, 0.1) is 0 Å². The second-order valence-corrected chi connectivity index (χ2v) is 6.20. The Labute approximate surface area is 162 Å². The summed E-state index contributed by atoms with van der Waals surface area (Å²) < 4.78 is 11.1. The van der Waals surface area contributed by atoms with E-state index in [9.17, 15) is 4.79 Å². The highest BCUT2D eigenvalue weighted by Crippen LogP contribution is 2.24. The highest BCUT2D eigenvalue weighted by atomic mass is 35.5. The Hall–Kier alpha value is -3.05. The molecule has 0 atom stereocenters. The van der Waals surface area contributed by atoms with Crippen LogP contribution in [0.25, 0.3) is 11.3 Å². The second-order valence-electron chi connectivity index (χ2n) is 5.76. The minimum atomic E-state index is -0.211. The third-order valence-corrected chi connectivity index (χ3v) is 3.95. The number of hydrogen-bond donors (Lipinski definition) is 1. The van der Waals surface area contributed by atoms with Crippen molar-refractivity contribution in [3.63, 3.8) is 0 Å². The molecule has 0 spiro atoms. The lowest BCUT2D eigenvalue weighted by Crippen LogP contribution is -2.19. The monoisotopic (exact) mass is 382 g/mol. The molecular formula is C21H19ClN2O3. The zero-order valence-electron chi connectivity index (χ0n) is 14.8. The van der Waals surface area contributed by atoms with Crippen molar-refractivity contribution in [2.24, 2.45) is 5.10 Å². The molecule has 0 radical (unpaired) electrons. The van der Waals surface area contributed by atoms with Crippen LogP contribution in [-0.2, 0) is 11.2 Å². The Bertz CT molecular complexity index is 933. The number of amides is 1. The van der Waals surface area contributed by atoms with Crippen LogP contribution in [0.15, 0.2) is 70.2 Å². The van der Waals surface area contributed by atoms with Crippen LogP contribution < -0.4 is 10.2 Å². The van der Waals surface area contributed by atoms with Crippen LogP contribution >= 0.6 is 11.6 Å². The zero-order chi connectivity index (χ0) is 19.1. The molecule has 0 aliphatic rings. The van der Waals surface area contributed by atoms with Crippen LogP contribution in [0.3, 0.4) is 0 Å². The number of hydrogen-bond acceptors (Lipinski definition) is 4. The van der Waals surface area contributed by atoms with Gasteiger partial charge in [-0.1, -0.05) is 35.9 Å². The summed E-state index contributed by atoms with van der Waals surface area (Å²) in [6.45, 7) is 2.54. The molecule has 0 fully saturated rings. The van der Waals surface area contributed by atoms with Gasteiger partial charge in [0, 0.05) is 10.6 Å². The molecule has 1 aromatic heterocycles. The average molecular weight is 383 g/mol. The molecule has 27 heavy (non-hydrogen) atoms. The van der Waals surface area contributed by atoms with Crippen LogP contribution in [0.1, 0.15) is 18.2 Å². The molecule has 6 heteroatoms. The molecule has 0 saturated heterocycles. The van der Waals surface area contributed by atoms with Gasteiger partial charge >= 0.3 is 0 Å². The first-order valence-electron chi connectivity index (χ1n) is 8.53. The van der Waals surface area contributed by atoms with Crippen molar-refractivity contribution in [2.45, 2.75) is 13.3 Å². The number of carbonyl (C=O) groups is 1. The summed E-state index contributed by atoms with van der Waals surface area (Å²) in [7, 11) is 0. The summed E-state index contributed by atoms with van der Waals surface area (Å²) in [5.41, 5.74) is 4.25. The molecule has 0 aliphatic carbocycles. The first-order valence-corrected chi connectivity index (χ1v) is 8.91. The van der Waals surface area contributed by atoms with E-state index in [-0.39, 0.29) is 12.3 Å². The van der Waals surface area contributed by atoms with Gasteiger partial charge in [-0.25, -0.2) is 5.43 Å². The van der Waals surface area contributed by atoms with E-state index in [0.717, 1.165) is 16.9 Å². The van der Waals surface area contributed by atoms with E-state index in [0.29, 0.717) is 23.2 Å². The van der Waals surface area contributed by atoms with Crippen LogP contribution in [-0.4, -0.2) is 18.7 Å². The van der Waals surface area contributed by atoms with Gasteiger partial charge in [0.1, 0.15) is 17.3 Å². The van der Waals surface area contributed by atoms with Gasteiger partial charge in [-0.15, -0.1) is 0 Å². The smallest absolute Gasteiger partial charge is 0.244 e. The van der Waals surface area contributed by atoms with Gasteiger partial charge in [-0.05, 0) is 48.9 Å². The molecule has 2 aromatic carbocycles.